The zero-order valence-electron chi connectivity index (χ0n) is 19.9. The lowest BCUT2D eigenvalue weighted by Crippen LogP contribution is -2.50. The van der Waals surface area contributed by atoms with Crippen LogP contribution in [0.15, 0.2) is 60.7 Å². The second-order valence-electron chi connectivity index (χ2n) is 9.81. The molecule has 1 aromatic heterocycles. The number of piperazine rings is 1. The second kappa shape index (κ2) is 8.91. The van der Waals surface area contributed by atoms with Crippen LogP contribution in [0.3, 0.4) is 0 Å². The Morgan fingerprint density at radius 2 is 1.47 bits per heavy atom. The molecule has 1 fully saturated rings. The molecule has 4 rings (SSSR count). The van der Waals surface area contributed by atoms with Gasteiger partial charge in [-0.1, -0.05) is 60.2 Å². The molecule has 0 radical (unpaired) electrons. The van der Waals surface area contributed by atoms with E-state index in [4.69, 9.17) is 0 Å². The van der Waals surface area contributed by atoms with Gasteiger partial charge in [-0.05, 0) is 51.8 Å². The highest BCUT2D eigenvalue weighted by atomic mass is 16.2. The fourth-order valence-corrected chi connectivity index (χ4v) is 4.51. The van der Waals surface area contributed by atoms with E-state index in [1.165, 1.54) is 16.7 Å². The summed E-state index contributed by atoms with van der Waals surface area (Å²) < 4.78 is 1.87. The largest absolute Gasteiger partial charge is 0.335 e. The normalized spacial score (nSPS) is 16.2. The molecule has 3 aromatic rings. The van der Waals surface area contributed by atoms with Crippen LogP contribution in [0.25, 0.3) is 0 Å². The number of amides is 1. The van der Waals surface area contributed by atoms with E-state index in [0.717, 1.165) is 18.8 Å². The first-order valence-corrected chi connectivity index (χ1v) is 11.5. The Labute approximate surface area is 191 Å². The zero-order chi connectivity index (χ0) is 22.9. The Morgan fingerprint density at radius 1 is 0.875 bits per heavy atom. The first-order chi connectivity index (χ1) is 15.2. The maximum absolute atomic E-state index is 13.4. The summed E-state index contributed by atoms with van der Waals surface area (Å²) >= 11 is 0. The minimum absolute atomic E-state index is 0.0757. The zero-order valence-corrected chi connectivity index (χ0v) is 19.9. The molecule has 2 heterocycles. The third-order valence-corrected chi connectivity index (χ3v) is 6.16. The Morgan fingerprint density at radius 3 is 2.06 bits per heavy atom. The molecule has 1 aliphatic rings. The molecule has 1 unspecified atom stereocenters. The predicted octanol–water partition coefficient (Wildman–Crippen LogP) is 4.80. The molecule has 2 aromatic carbocycles. The first kappa shape index (κ1) is 22.3. The van der Waals surface area contributed by atoms with Crippen LogP contribution in [-0.2, 0) is 5.54 Å². The smallest absolute Gasteiger partial charge is 0.272 e. The van der Waals surface area contributed by atoms with E-state index in [2.05, 4.69) is 92.3 Å². The van der Waals surface area contributed by atoms with Crippen molar-refractivity contribution in [2.75, 3.05) is 26.2 Å². The van der Waals surface area contributed by atoms with Crippen LogP contribution in [0.5, 0.6) is 0 Å². The summed E-state index contributed by atoms with van der Waals surface area (Å²) in [6.07, 6.45) is 0. The average Bonchev–Trinajstić information content (AvgIpc) is 3.18. The SMILES string of the molecule is Cc1ccc(C(c2ccccc2)N2CCN(C(=O)c3cc(C)nn3C(C)(C)C)CC2)cc1. The van der Waals surface area contributed by atoms with Gasteiger partial charge in [-0.25, -0.2) is 0 Å². The number of benzene rings is 2. The van der Waals surface area contributed by atoms with Crippen molar-refractivity contribution in [2.45, 2.75) is 46.2 Å². The summed E-state index contributed by atoms with van der Waals surface area (Å²) in [4.78, 5) is 17.9. The molecule has 0 spiro atoms. The molecular formula is C27H34N4O. The average molecular weight is 431 g/mol. The molecule has 1 saturated heterocycles. The van der Waals surface area contributed by atoms with Gasteiger partial charge < -0.3 is 4.90 Å². The molecule has 168 valence electrons. The Kier molecular flexibility index (Phi) is 6.20. The standard InChI is InChI=1S/C27H34N4O/c1-20-11-13-23(14-12-20)25(22-9-7-6-8-10-22)29-15-17-30(18-16-29)26(32)24-19-21(2)28-31(24)27(3,4)5/h6-14,19,25H,15-18H2,1-5H3. The van der Waals surface area contributed by atoms with E-state index in [0.29, 0.717) is 18.8 Å². The van der Waals surface area contributed by atoms with Gasteiger partial charge in [-0.2, -0.15) is 5.10 Å². The van der Waals surface area contributed by atoms with E-state index in [1.54, 1.807) is 0 Å². The van der Waals surface area contributed by atoms with Crippen LogP contribution in [0, 0.1) is 13.8 Å². The minimum Gasteiger partial charge on any atom is -0.335 e. The Hall–Kier alpha value is -2.92. The van der Waals surface area contributed by atoms with Crippen LogP contribution in [-0.4, -0.2) is 51.7 Å². The molecule has 0 aliphatic carbocycles. The van der Waals surface area contributed by atoms with Crippen LogP contribution >= 0.6 is 0 Å². The number of carbonyl (C=O) groups is 1. The summed E-state index contributed by atoms with van der Waals surface area (Å²) in [5.74, 6) is 0.0757. The summed E-state index contributed by atoms with van der Waals surface area (Å²) in [7, 11) is 0. The number of hydrogen-bond acceptors (Lipinski definition) is 3. The Balaban J connectivity index is 1.54. The van der Waals surface area contributed by atoms with E-state index in [9.17, 15) is 4.79 Å². The van der Waals surface area contributed by atoms with Gasteiger partial charge >= 0.3 is 0 Å². The lowest BCUT2D eigenvalue weighted by atomic mass is 9.95. The minimum atomic E-state index is -0.231. The third-order valence-electron chi connectivity index (χ3n) is 6.16. The van der Waals surface area contributed by atoms with Crippen molar-refractivity contribution in [1.29, 1.82) is 0 Å². The number of carbonyl (C=O) groups excluding carboxylic acids is 1. The Bertz CT molecular complexity index is 1060. The van der Waals surface area contributed by atoms with Crippen molar-refractivity contribution in [3.05, 3.63) is 88.7 Å². The van der Waals surface area contributed by atoms with Crippen LogP contribution in [0.1, 0.15) is 59.7 Å². The van der Waals surface area contributed by atoms with Crippen molar-refractivity contribution >= 4 is 5.91 Å². The first-order valence-electron chi connectivity index (χ1n) is 11.5. The molecular weight excluding hydrogens is 396 g/mol. The number of rotatable bonds is 4. The van der Waals surface area contributed by atoms with E-state index >= 15 is 0 Å². The summed E-state index contributed by atoms with van der Waals surface area (Å²) in [5, 5.41) is 4.59. The lowest BCUT2D eigenvalue weighted by molar-refractivity contribution is 0.0578. The van der Waals surface area contributed by atoms with Crippen LogP contribution in [0.2, 0.25) is 0 Å². The molecule has 5 heteroatoms. The summed E-state index contributed by atoms with van der Waals surface area (Å²) in [5.41, 5.74) is 5.18. The molecule has 5 nitrogen and oxygen atoms in total. The van der Waals surface area contributed by atoms with Crippen molar-refractivity contribution in [3.8, 4) is 0 Å². The fraction of sp³-hybridized carbons (Fsp3) is 0.407. The van der Waals surface area contributed by atoms with Crippen molar-refractivity contribution in [2.24, 2.45) is 0 Å². The highest BCUT2D eigenvalue weighted by Gasteiger charge is 2.31. The highest BCUT2D eigenvalue weighted by molar-refractivity contribution is 5.93. The summed E-state index contributed by atoms with van der Waals surface area (Å²) in [6, 6.07) is 21.6. The van der Waals surface area contributed by atoms with Gasteiger partial charge in [0.1, 0.15) is 5.69 Å². The van der Waals surface area contributed by atoms with E-state index in [1.807, 2.05) is 22.6 Å². The predicted molar refractivity (Wildman–Crippen MR) is 129 cm³/mol. The van der Waals surface area contributed by atoms with Crippen LogP contribution < -0.4 is 0 Å². The molecule has 1 amide bonds. The number of aromatic nitrogens is 2. The van der Waals surface area contributed by atoms with Gasteiger partial charge in [-0.3, -0.25) is 14.4 Å². The van der Waals surface area contributed by atoms with Gasteiger partial charge in [-0.15, -0.1) is 0 Å². The van der Waals surface area contributed by atoms with Gasteiger partial charge in [0.05, 0.1) is 17.3 Å². The van der Waals surface area contributed by atoms with Crippen LogP contribution in [0.4, 0.5) is 0 Å². The van der Waals surface area contributed by atoms with E-state index in [-0.39, 0.29) is 17.5 Å². The van der Waals surface area contributed by atoms with Gasteiger partial charge in [0, 0.05) is 26.2 Å². The van der Waals surface area contributed by atoms with E-state index < -0.39 is 0 Å². The molecule has 0 bridgehead atoms. The molecule has 32 heavy (non-hydrogen) atoms. The second-order valence-corrected chi connectivity index (χ2v) is 9.81. The topological polar surface area (TPSA) is 41.4 Å². The maximum atomic E-state index is 13.4. The molecule has 0 N–H and O–H groups in total. The number of hydrogen-bond donors (Lipinski definition) is 0. The van der Waals surface area contributed by atoms with Crippen molar-refractivity contribution in [1.82, 2.24) is 19.6 Å². The van der Waals surface area contributed by atoms with Gasteiger partial charge in [0.25, 0.3) is 5.91 Å². The quantitative estimate of drug-likeness (QED) is 0.597. The summed E-state index contributed by atoms with van der Waals surface area (Å²) in [6.45, 7) is 13.4. The van der Waals surface area contributed by atoms with Gasteiger partial charge in [0.2, 0.25) is 0 Å². The van der Waals surface area contributed by atoms with Crippen molar-refractivity contribution in [3.63, 3.8) is 0 Å². The van der Waals surface area contributed by atoms with Crippen molar-refractivity contribution < 1.29 is 4.79 Å². The number of aryl methyl sites for hydroxylation is 2. The van der Waals surface area contributed by atoms with Gasteiger partial charge in [0.15, 0.2) is 0 Å². The molecule has 1 aliphatic heterocycles. The fourth-order valence-electron chi connectivity index (χ4n) is 4.51. The highest BCUT2D eigenvalue weighted by Crippen LogP contribution is 2.30. The molecule has 1 atom stereocenters. The lowest BCUT2D eigenvalue weighted by Gasteiger charge is -2.40. The molecule has 0 saturated carbocycles. The maximum Gasteiger partial charge on any atom is 0.272 e. The monoisotopic (exact) mass is 430 g/mol. The third kappa shape index (κ3) is 4.63. The number of nitrogens with zero attached hydrogens (tertiary/aromatic N) is 4.